The Kier molecular flexibility index (Phi) is 3.06. The number of hydrogen-bond acceptors (Lipinski definition) is 3. The minimum Gasteiger partial charge on any atom is -0.469 e. The quantitative estimate of drug-likeness (QED) is 0.661. The standard InChI is InChI=1S/C9H14N2O2/c1-7(9(12)13-3)8(2)11-6-4-5-10-11/h4-8H,1-3H3. The third-order valence-electron chi connectivity index (χ3n) is 2.24. The van der Waals surface area contributed by atoms with Gasteiger partial charge in [0.15, 0.2) is 0 Å². The first-order valence-electron chi connectivity index (χ1n) is 4.23. The smallest absolute Gasteiger partial charge is 0.310 e. The molecular formula is C9H14N2O2. The van der Waals surface area contributed by atoms with Crippen molar-refractivity contribution in [2.45, 2.75) is 19.9 Å². The predicted octanol–water partition coefficient (Wildman–Crippen LogP) is 1.25. The number of aromatic nitrogens is 2. The van der Waals surface area contributed by atoms with E-state index in [2.05, 4.69) is 9.84 Å². The molecule has 4 nitrogen and oxygen atoms in total. The monoisotopic (exact) mass is 182 g/mol. The van der Waals surface area contributed by atoms with Crippen LogP contribution in [0.3, 0.4) is 0 Å². The Bertz CT molecular complexity index is 269. The van der Waals surface area contributed by atoms with Crippen LogP contribution in [-0.4, -0.2) is 22.9 Å². The molecule has 0 amide bonds. The van der Waals surface area contributed by atoms with E-state index in [1.807, 2.05) is 26.1 Å². The molecular weight excluding hydrogens is 168 g/mol. The molecule has 0 radical (unpaired) electrons. The number of ether oxygens (including phenoxy) is 1. The highest BCUT2D eigenvalue weighted by Crippen LogP contribution is 2.16. The van der Waals surface area contributed by atoms with Crippen molar-refractivity contribution in [2.75, 3.05) is 7.11 Å². The van der Waals surface area contributed by atoms with Crippen LogP contribution in [0.2, 0.25) is 0 Å². The lowest BCUT2D eigenvalue weighted by atomic mass is 10.0. The number of carbonyl (C=O) groups excluding carboxylic acids is 1. The molecule has 13 heavy (non-hydrogen) atoms. The third-order valence-corrected chi connectivity index (χ3v) is 2.24. The number of methoxy groups -OCH3 is 1. The molecule has 0 aromatic carbocycles. The molecule has 0 spiro atoms. The van der Waals surface area contributed by atoms with Gasteiger partial charge in [-0.15, -0.1) is 0 Å². The first-order chi connectivity index (χ1) is 6.16. The summed E-state index contributed by atoms with van der Waals surface area (Å²) in [5.74, 6) is -0.382. The van der Waals surface area contributed by atoms with Crippen molar-refractivity contribution in [2.24, 2.45) is 5.92 Å². The minimum atomic E-state index is -0.206. The molecule has 72 valence electrons. The molecule has 2 atom stereocenters. The van der Waals surface area contributed by atoms with Crippen molar-refractivity contribution >= 4 is 5.97 Å². The van der Waals surface area contributed by atoms with Crippen LogP contribution in [0.1, 0.15) is 19.9 Å². The summed E-state index contributed by atoms with van der Waals surface area (Å²) in [6.07, 6.45) is 3.53. The van der Waals surface area contributed by atoms with E-state index in [1.54, 1.807) is 10.9 Å². The van der Waals surface area contributed by atoms with Crippen LogP contribution in [0.4, 0.5) is 0 Å². The molecule has 4 heteroatoms. The third kappa shape index (κ3) is 2.08. The highest BCUT2D eigenvalue weighted by Gasteiger charge is 2.22. The topological polar surface area (TPSA) is 44.1 Å². The van der Waals surface area contributed by atoms with Crippen LogP contribution in [-0.2, 0) is 9.53 Å². The summed E-state index contributed by atoms with van der Waals surface area (Å²) in [6.45, 7) is 3.77. The molecule has 0 aliphatic rings. The van der Waals surface area contributed by atoms with E-state index in [1.165, 1.54) is 7.11 Å². The molecule has 0 aliphatic carbocycles. The zero-order chi connectivity index (χ0) is 9.84. The fourth-order valence-corrected chi connectivity index (χ4v) is 1.13. The lowest BCUT2D eigenvalue weighted by Gasteiger charge is -2.17. The van der Waals surface area contributed by atoms with Gasteiger partial charge in [0.25, 0.3) is 0 Å². The average Bonchev–Trinajstić information content (AvgIpc) is 2.67. The van der Waals surface area contributed by atoms with E-state index in [4.69, 9.17) is 0 Å². The highest BCUT2D eigenvalue weighted by atomic mass is 16.5. The molecule has 1 heterocycles. The van der Waals surface area contributed by atoms with Gasteiger partial charge in [-0.2, -0.15) is 5.10 Å². The molecule has 0 aliphatic heterocycles. The van der Waals surface area contributed by atoms with E-state index in [9.17, 15) is 4.79 Å². The molecule has 1 aromatic rings. The predicted molar refractivity (Wildman–Crippen MR) is 48.1 cm³/mol. The second-order valence-corrected chi connectivity index (χ2v) is 3.04. The van der Waals surface area contributed by atoms with Crippen LogP contribution < -0.4 is 0 Å². The highest BCUT2D eigenvalue weighted by molar-refractivity contribution is 5.72. The van der Waals surface area contributed by atoms with E-state index in [0.29, 0.717) is 0 Å². The largest absolute Gasteiger partial charge is 0.469 e. The van der Waals surface area contributed by atoms with Gasteiger partial charge in [-0.25, -0.2) is 0 Å². The van der Waals surface area contributed by atoms with E-state index in [-0.39, 0.29) is 17.9 Å². The van der Waals surface area contributed by atoms with E-state index in [0.717, 1.165) is 0 Å². The molecule has 0 saturated carbocycles. The van der Waals surface area contributed by atoms with E-state index < -0.39 is 0 Å². The lowest BCUT2D eigenvalue weighted by Crippen LogP contribution is -2.23. The summed E-state index contributed by atoms with van der Waals surface area (Å²) < 4.78 is 6.40. The first-order valence-corrected chi connectivity index (χ1v) is 4.23. The van der Waals surface area contributed by atoms with E-state index >= 15 is 0 Å². The Labute approximate surface area is 77.5 Å². The van der Waals surface area contributed by atoms with Gasteiger partial charge < -0.3 is 4.74 Å². The first kappa shape index (κ1) is 9.77. The molecule has 1 aromatic heterocycles. The van der Waals surface area contributed by atoms with Gasteiger partial charge >= 0.3 is 5.97 Å². The van der Waals surface area contributed by atoms with Crippen molar-refractivity contribution in [3.63, 3.8) is 0 Å². The maximum Gasteiger partial charge on any atom is 0.310 e. The van der Waals surface area contributed by atoms with Gasteiger partial charge in [-0.05, 0) is 19.9 Å². The molecule has 1 rings (SSSR count). The minimum absolute atomic E-state index is 0.0300. The molecule has 2 unspecified atom stereocenters. The number of carbonyl (C=O) groups is 1. The summed E-state index contributed by atoms with van der Waals surface area (Å²) in [7, 11) is 1.40. The molecule has 0 N–H and O–H groups in total. The zero-order valence-electron chi connectivity index (χ0n) is 8.10. The Morgan fingerprint density at radius 1 is 1.54 bits per heavy atom. The Morgan fingerprint density at radius 2 is 2.23 bits per heavy atom. The van der Waals surface area contributed by atoms with Crippen molar-refractivity contribution < 1.29 is 9.53 Å². The molecule has 0 fully saturated rings. The molecule has 0 bridgehead atoms. The lowest BCUT2D eigenvalue weighted by molar-refractivity contribution is -0.146. The fourth-order valence-electron chi connectivity index (χ4n) is 1.13. The zero-order valence-corrected chi connectivity index (χ0v) is 8.10. The van der Waals surface area contributed by atoms with Crippen molar-refractivity contribution in [1.82, 2.24) is 9.78 Å². The maximum absolute atomic E-state index is 11.2. The van der Waals surface area contributed by atoms with Crippen LogP contribution in [0.5, 0.6) is 0 Å². The molecule has 0 saturated heterocycles. The normalized spacial score (nSPS) is 15.0. The number of hydrogen-bond donors (Lipinski definition) is 0. The second kappa shape index (κ2) is 4.07. The summed E-state index contributed by atoms with van der Waals surface area (Å²) >= 11 is 0. The number of rotatable bonds is 3. The van der Waals surface area contributed by atoms with Crippen molar-refractivity contribution in [3.8, 4) is 0 Å². The summed E-state index contributed by atoms with van der Waals surface area (Å²) in [5, 5.41) is 4.06. The Balaban J connectivity index is 2.68. The van der Waals surface area contributed by atoms with Gasteiger partial charge in [0, 0.05) is 12.4 Å². The van der Waals surface area contributed by atoms with Gasteiger partial charge in [0.2, 0.25) is 0 Å². The SMILES string of the molecule is COC(=O)C(C)C(C)n1cccn1. The second-order valence-electron chi connectivity index (χ2n) is 3.04. The Hall–Kier alpha value is -1.32. The maximum atomic E-state index is 11.2. The summed E-state index contributed by atoms with van der Waals surface area (Å²) in [5.41, 5.74) is 0. The van der Waals surface area contributed by atoms with Crippen LogP contribution in [0, 0.1) is 5.92 Å². The van der Waals surface area contributed by atoms with Crippen molar-refractivity contribution in [1.29, 1.82) is 0 Å². The average molecular weight is 182 g/mol. The van der Waals surface area contributed by atoms with Crippen LogP contribution >= 0.6 is 0 Å². The summed E-state index contributed by atoms with van der Waals surface area (Å²) in [4.78, 5) is 11.2. The van der Waals surface area contributed by atoms with Gasteiger partial charge in [0.05, 0.1) is 19.1 Å². The fraction of sp³-hybridized carbons (Fsp3) is 0.556. The van der Waals surface area contributed by atoms with Crippen LogP contribution in [0.15, 0.2) is 18.5 Å². The van der Waals surface area contributed by atoms with Crippen molar-refractivity contribution in [3.05, 3.63) is 18.5 Å². The summed E-state index contributed by atoms with van der Waals surface area (Å²) in [6, 6.07) is 1.86. The number of esters is 1. The van der Waals surface area contributed by atoms with Gasteiger partial charge in [0.1, 0.15) is 0 Å². The van der Waals surface area contributed by atoms with Crippen LogP contribution in [0.25, 0.3) is 0 Å². The van der Waals surface area contributed by atoms with Gasteiger partial charge in [-0.3, -0.25) is 9.48 Å². The Morgan fingerprint density at radius 3 is 2.69 bits per heavy atom. The number of nitrogens with zero attached hydrogens (tertiary/aromatic N) is 2. The van der Waals surface area contributed by atoms with Gasteiger partial charge in [-0.1, -0.05) is 0 Å².